The van der Waals surface area contributed by atoms with Gasteiger partial charge in [-0.25, -0.2) is 4.68 Å². The highest BCUT2D eigenvalue weighted by atomic mass is 16.4. The van der Waals surface area contributed by atoms with Gasteiger partial charge in [0.2, 0.25) is 0 Å². The van der Waals surface area contributed by atoms with E-state index in [1.165, 1.54) is 5.56 Å². The van der Waals surface area contributed by atoms with Gasteiger partial charge in [-0.05, 0) is 38.1 Å². The Hall–Kier alpha value is -2.92. The predicted octanol–water partition coefficient (Wildman–Crippen LogP) is 3.84. The van der Waals surface area contributed by atoms with Crippen LogP contribution in [0, 0.1) is 5.92 Å². The molecule has 1 aliphatic heterocycles. The van der Waals surface area contributed by atoms with Gasteiger partial charge in [0.05, 0.1) is 17.3 Å². The number of hydrogen-bond acceptors (Lipinski definition) is 3. The number of carboxylic acids is 1. The van der Waals surface area contributed by atoms with E-state index in [0.717, 1.165) is 36.6 Å². The molecule has 5 heteroatoms. The zero-order chi connectivity index (χ0) is 18.6. The standard InChI is InChI=1S/C22H23N3O2/c26-22(27)18-11-13-24(14-12-18)15-19-16-25(20-9-5-2-6-10-20)23-21(19)17-7-3-1-4-8-17/h1-10,16,18H,11-15H2,(H,26,27). The number of aliphatic carboxylic acids is 1. The molecule has 2 heterocycles. The number of para-hydroxylation sites is 1. The molecule has 1 aliphatic rings. The van der Waals surface area contributed by atoms with Crippen molar-refractivity contribution >= 4 is 5.97 Å². The molecule has 0 aliphatic carbocycles. The lowest BCUT2D eigenvalue weighted by Crippen LogP contribution is -2.35. The van der Waals surface area contributed by atoms with Crippen molar-refractivity contribution in [3.63, 3.8) is 0 Å². The maximum atomic E-state index is 11.2. The summed E-state index contributed by atoms with van der Waals surface area (Å²) in [6.07, 6.45) is 3.52. The maximum Gasteiger partial charge on any atom is 0.306 e. The van der Waals surface area contributed by atoms with Gasteiger partial charge in [-0.2, -0.15) is 5.10 Å². The molecular weight excluding hydrogens is 338 g/mol. The fraction of sp³-hybridized carbons (Fsp3) is 0.273. The molecule has 0 amide bonds. The summed E-state index contributed by atoms with van der Waals surface area (Å²) in [6.45, 7) is 2.40. The maximum absolute atomic E-state index is 11.2. The fourth-order valence-corrected chi connectivity index (χ4v) is 3.66. The Morgan fingerprint density at radius 2 is 1.63 bits per heavy atom. The van der Waals surface area contributed by atoms with Crippen LogP contribution in [-0.2, 0) is 11.3 Å². The number of rotatable bonds is 5. The van der Waals surface area contributed by atoms with E-state index < -0.39 is 5.97 Å². The van der Waals surface area contributed by atoms with Gasteiger partial charge in [0.15, 0.2) is 0 Å². The highest BCUT2D eigenvalue weighted by Crippen LogP contribution is 2.26. The number of carbonyl (C=O) groups is 1. The molecule has 0 radical (unpaired) electrons. The lowest BCUT2D eigenvalue weighted by molar-refractivity contribution is -0.143. The number of piperidine rings is 1. The van der Waals surface area contributed by atoms with Gasteiger partial charge in [-0.15, -0.1) is 0 Å². The Balaban J connectivity index is 1.61. The summed E-state index contributed by atoms with van der Waals surface area (Å²) in [7, 11) is 0. The van der Waals surface area contributed by atoms with Gasteiger partial charge in [0, 0.05) is 23.9 Å². The summed E-state index contributed by atoms with van der Waals surface area (Å²) in [6, 6.07) is 20.3. The third kappa shape index (κ3) is 3.93. The van der Waals surface area contributed by atoms with Crippen molar-refractivity contribution in [2.75, 3.05) is 13.1 Å². The average Bonchev–Trinajstić information content (AvgIpc) is 3.13. The minimum absolute atomic E-state index is 0.207. The molecule has 2 aromatic carbocycles. The SMILES string of the molecule is O=C(O)C1CCN(Cc2cn(-c3ccccc3)nc2-c2ccccc2)CC1. The minimum Gasteiger partial charge on any atom is -0.481 e. The summed E-state index contributed by atoms with van der Waals surface area (Å²) in [5, 5.41) is 14.1. The molecule has 1 saturated heterocycles. The summed E-state index contributed by atoms with van der Waals surface area (Å²) >= 11 is 0. The average molecular weight is 361 g/mol. The summed E-state index contributed by atoms with van der Waals surface area (Å²) < 4.78 is 1.93. The molecule has 0 spiro atoms. The van der Waals surface area contributed by atoms with Gasteiger partial charge in [0.1, 0.15) is 0 Å². The largest absolute Gasteiger partial charge is 0.481 e. The van der Waals surface area contributed by atoms with Crippen molar-refractivity contribution in [2.24, 2.45) is 5.92 Å². The third-order valence-corrected chi connectivity index (χ3v) is 5.19. The highest BCUT2D eigenvalue weighted by Gasteiger charge is 2.25. The van der Waals surface area contributed by atoms with Crippen LogP contribution in [0.5, 0.6) is 0 Å². The van der Waals surface area contributed by atoms with Crippen LogP contribution in [-0.4, -0.2) is 38.8 Å². The van der Waals surface area contributed by atoms with E-state index in [0.29, 0.717) is 12.8 Å². The van der Waals surface area contributed by atoms with Crippen molar-refractivity contribution < 1.29 is 9.90 Å². The molecule has 1 N–H and O–H groups in total. The third-order valence-electron chi connectivity index (χ3n) is 5.19. The Labute approximate surface area is 158 Å². The van der Waals surface area contributed by atoms with E-state index in [4.69, 9.17) is 5.10 Å². The predicted molar refractivity (Wildman–Crippen MR) is 105 cm³/mol. The Morgan fingerprint density at radius 3 is 2.26 bits per heavy atom. The summed E-state index contributed by atoms with van der Waals surface area (Å²) in [4.78, 5) is 13.5. The second kappa shape index (κ2) is 7.76. The number of benzene rings is 2. The van der Waals surface area contributed by atoms with Gasteiger partial charge in [-0.3, -0.25) is 9.69 Å². The highest BCUT2D eigenvalue weighted by molar-refractivity contribution is 5.70. The van der Waals surface area contributed by atoms with E-state index in [2.05, 4.69) is 23.2 Å². The Morgan fingerprint density at radius 1 is 1.00 bits per heavy atom. The second-order valence-electron chi connectivity index (χ2n) is 7.04. The molecule has 0 saturated carbocycles. The molecule has 1 aromatic heterocycles. The number of aromatic nitrogens is 2. The molecule has 138 valence electrons. The zero-order valence-corrected chi connectivity index (χ0v) is 15.2. The second-order valence-corrected chi connectivity index (χ2v) is 7.04. The quantitative estimate of drug-likeness (QED) is 0.750. The van der Waals surface area contributed by atoms with E-state index >= 15 is 0 Å². The number of hydrogen-bond donors (Lipinski definition) is 1. The normalized spacial score (nSPS) is 15.7. The number of carboxylic acid groups (broad SMARTS) is 1. The molecule has 5 nitrogen and oxygen atoms in total. The lowest BCUT2D eigenvalue weighted by Gasteiger charge is -2.29. The van der Waals surface area contributed by atoms with Crippen LogP contribution in [0.1, 0.15) is 18.4 Å². The van der Waals surface area contributed by atoms with Crippen LogP contribution in [0.15, 0.2) is 66.9 Å². The van der Waals surface area contributed by atoms with Crippen LogP contribution >= 0.6 is 0 Å². The van der Waals surface area contributed by atoms with Gasteiger partial charge in [-0.1, -0.05) is 48.5 Å². The minimum atomic E-state index is -0.670. The molecule has 0 atom stereocenters. The first-order valence-corrected chi connectivity index (χ1v) is 9.35. The van der Waals surface area contributed by atoms with Crippen molar-refractivity contribution in [3.8, 4) is 16.9 Å². The van der Waals surface area contributed by atoms with Crippen molar-refractivity contribution in [1.29, 1.82) is 0 Å². The van der Waals surface area contributed by atoms with Crippen molar-refractivity contribution in [2.45, 2.75) is 19.4 Å². The fourth-order valence-electron chi connectivity index (χ4n) is 3.66. The Bertz CT molecular complexity index is 898. The zero-order valence-electron chi connectivity index (χ0n) is 15.2. The van der Waals surface area contributed by atoms with Crippen LogP contribution < -0.4 is 0 Å². The van der Waals surface area contributed by atoms with E-state index in [1.807, 2.05) is 53.2 Å². The van der Waals surface area contributed by atoms with E-state index in [9.17, 15) is 9.90 Å². The van der Waals surface area contributed by atoms with Crippen molar-refractivity contribution in [1.82, 2.24) is 14.7 Å². The Kier molecular flexibility index (Phi) is 5.03. The van der Waals surface area contributed by atoms with Gasteiger partial charge >= 0.3 is 5.97 Å². The molecule has 27 heavy (non-hydrogen) atoms. The van der Waals surface area contributed by atoms with Crippen LogP contribution in [0.2, 0.25) is 0 Å². The first-order chi connectivity index (χ1) is 13.2. The van der Waals surface area contributed by atoms with Crippen LogP contribution in [0.3, 0.4) is 0 Å². The van der Waals surface area contributed by atoms with Gasteiger partial charge in [0.25, 0.3) is 0 Å². The van der Waals surface area contributed by atoms with E-state index in [1.54, 1.807) is 0 Å². The topological polar surface area (TPSA) is 58.4 Å². The lowest BCUT2D eigenvalue weighted by atomic mass is 9.96. The molecule has 1 fully saturated rings. The number of likely N-dealkylation sites (tertiary alicyclic amines) is 1. The van der Waals surface area contributed by atoms with Crippen LogP contribution in [0.25, 0.3) is 16.9 Å². The van der Waals surface area contributed by atoms with Crippen molar-refractivity contribution in [3.05, 3.63) is 72.4 Å². The smallest absolute Gasteiger partial charge is 0.306 e. The molecule has 0 unspecified atom stereocenters. The first kappa shape index (κ1) is 17.5. The monoisotopic (exact) mass is 361 g/mol. The molecule has 0 bridgehead atoms. The number of nitrogens with zero attached hydrogens (tertiary/aromatic N) is 3. The molecule has 3 aromatic rings. The first-order valence-electron chi connectivity index (χ1n) is 9.35. The summed E-state index contributed by atoms with van der Waals surface area (Å²) in [5.41, 5.74) is 4.28. The molecule has 4 rings (SSSR count). The van der Waals surface area contributed by atoms with E-state index in [-0.39, 0.29) is 5.92 Å². The summed E-state index contributed by atoms with van der Waals surface area (Å²) in [5.74, 6) is -0.876. The van der Waals surface area contributed by atoms with Crippen LogP contribution in [0.4, 0.5) is 0 Å². The van der Waals surface area contributed by atoms with Gasteiger partial charge < -0.3 is 5.11 Å². The molecular formula is C22H23N3O2.